The number of piperidine rings is 3. The van der Waals surface area contributed by atoms with Gasteiger partial charge in [-0.15, -0.1) is 0 Å². The summed E-state index contributed by atoms with van der Waals surface area (Å²) in [6, 6.07) is 3.68. The van der Waals surface area contributed by atoms with Crippen LogP contribution in [0.5, 0.6) is 0 Å². The first-order valence-corrected chi connectivity index (χ1v) is 8.65. The number of H-pyrrole nitrogens is 1. The van der Waals surface area contributed by atoms with Crippen molar-refractivity contribution in [1.82, 2.24) is 14.9 Å². The molecule has 0 aromatic carbocycles. The van der Waals surface area contributed by atoms with E-state index in [1.807, 2.05) is 0 Å². The number of pyridine rings is 1. The molecule has 23 heavy (non-hydrogen) atoms. The Kier molecular flexibility index (Phi) is 3.78. The Balaban J connectivity index is 1.48. The second kappa shape index (κ2) is 5.93. The molecule has 2 aromatic heterocycles. The third-order valence-electron chi connectivity index (χ3n) is 4.56. The molecule has 5 heterocycles. The normalized spacial score (nSPS) is 27.3. The van der Waals surface area contributed by atoms with Gasteiger partial charge in [0.2, 0.25) is 5.56 Å². The van der Waals surface area contributed by atoms with Crippen LogP contribution in [0, 0.1) is 5.92 Å². The van der Waals surface area contributed by atoms with Crippen molar-refractivity contribution >= 4 is 32.8 Å². The molecule has 7 nitrogen and oxygen atoms in total. The number of nitrogens with one attached hydrogen (secondary N) is 2. The van der Waals surface area contributed by atoms with Gasteiger partial charge in [0, 0.05) is 19.7 Å². The van der Waals surface area contributed by atoms with Crippen LogP contribution in [0.4, 0.5) is 5.13 Å². The fourth-order valence-corrected chi connectivity index (χ4v) is 4.16. The van der Waals surface area contributed by atoms with E-state index in [-0.39, 0.29) is 11.7 Å². The number of rotatable bonds is 2. The number of anilines is 1. The summed E-state index contributed by atoms with van der Waals surface area (Å²) in [6.45, 7) is 3.34. The second-order valence-electron chi connectivity index (χ2n) is 6.00. The maximum Gasteiger partial charge on any atom is 0.291 e. The molecule has 0 amide bonds. The minimum Gasteiger partial charge on any atom is -0.460 e. The highest BCUT2D eigenvalue weighted by atomic mass is 32.1. The highest BCUT2D eigenvalue weighted by molar-refractivity contribution is 7.21. The predicted octanol–water partition coefficient (Wildman–Crippen LogP) is 1.49. The largest absolute Gasteiger partial charge is 0.460 e. The molecule has 2 N–H and O–H groups in total. The molecule has 3 aliphatic heterocycles. The minimum absolute atomic E-state index is 0.124. The molecule has 3 fully saturated rings. The van der Waals surface area contributed by atoms with Gasteiger partial charge < -0.3 is 9.72 Å². The van der Waals surface area contributed by atoms with Gasteiger partial charge in [-0.1, -0.05) is 11.3 Å². The van der Waals surface area contributed by atoms with E-state index in [1.54, 1.807) is 13.1 Å². The number of amidine groups is 1. The number of aromatic amines is 1. The molecule has 0 spiro atoms. The van der Waals surface area contributed by atoms with Crippen molar-refractivity contribution in [3.05, 3.63) is 22.5 Å². The number of hydrogen-bond acceptors (Lipinski definition) is 6. The molecule has 0 aliphatic carbocycles. The van der Waals surface area contributed by atoms with Crippen LogP contribution in [0.2, 0.25) is 0 Å². The molecule has 3 aliphatic rings. The standard InChI is InChI=1S/C15H19N5O2S/c1-16-14(22-11-8-20-6-4-9(11)5-7-20)19-15-17-10-2-3-12(21)18-13(10)23-15/h2-3,9,11H,4-8H2,1H3,(H,18,21)(H,16,17,19)/t11-/m0/s1. The van der Waals surface area contributed by atoms with Crippen LogP contribution in [0.25, 0.3) is 10.3 Å². The van der Waals surface area contributed by atoms with Crippen molar-refractivity contribution in [2.45, 2.75) is 18.9 Å². The Morgan fingerprint density at radius 3 is 3.00 bits per heavy atom. The van der Waals surface area contributed by atoms with Crippen LogP contribution in [-0.2, 0) is 4.74 Å². The topological polar surface area (TPSA) is 82.6 Å². The molecule has 8 heteroatoms. The van der Waals surface area contributed by atoms with Crippen molar-refractivity contribution in [1.29, 1.82) is 0 Å². The molecule has 3 saturated heterocycles. The average Bonchev–Trinajstić information content (AvgIpc) is 2.96. The van der Waals surface area contributed by atoms with Crippen LogP contribution in [-0.4, -0.2) is 53.7 Å². The fraction of sp³-hybridized carbons (Fsp3) is 0.533. The molecule has 5 rings (SSSR count). The van der Waals surface area contributed by atoms with Crippen LogP contribution < -0.4 is 10.9 Å². The second-order valence-corrected chi connectivity index (χ2v) is 7.00. The number of thiazole rings is 1. The van der Waals surface area contributed by atoms with Gasteiger partial charge in [-0.25, -0.2) is 9.98 Å². The zero-order valence-electron chi connectivity index (χ0n) is 12.9. The zero-order valence-corrected chi connectivity index (χ0v) is 13.7. The van der Waals surface area contributed by atoms with Crippen molar-refractivity contribution in [2.24, 2.45) is 10.9 Å². The van der Waals surface area contributed by atoms with Crippen molar-refractivity contribution in [3.8, 4) is 0 Å². The molecule has 0 unspecified atom stereocenters. The van der Waals surface area contributed by atoms with Crippen molar-refractivity contribution in [2.75, 3.05) is 32.0 Å². The SMILES string of the molecule is CN=C(Nc1nc2ccc(=O)[nH]c2s1)O[C@H]1CN2CCC1CC2. The smallest absolute Gasteiger partial charge is 0.291 e. The number of ether oxygens (including phenoxy) is 1. The molecule has 0 saturated carbocycles. The Hall–Kier alpha value is -1.93. The third-order valence-corrected chi connectivity index (χ3v) is 5.46. The summed E-state index contributed by atoms with van der Waals surface area (Å²) < 4.78 is 6.09. The summed E-state index contributed by atoms with van der Waals surface area (Å²) in [5, 5.41) is 3.81. The van der Waals surface area contributed by atoms with Gasteiger partial charge in [0.15, 0.2) is 5.13 Å². The van der Waals surface area contributed by atoms with Crippen LogP contribution in [0.15, 0.2) is 21.9 Å². The first-order chi connectivity index (χ1) is 11.2. The quantitative estimate of drug-likeness (QED) is 0.643. The Labute approximate surface area is 137 Å². The maximum absolute atomic E-state index is 11.4. The summed E-state index contributed by atoms with van der Waals surface area (Å²) in [7, 11) is 1.71. The molecule has 2 aromatic rings. The van der Waals surface area contributed by atoms with Gasteiger partial charge in [-0.3, -0.25) is 15.0 Å². The molecular formula is C15H19N5O2S. The monoisotopic (exact) mass is 333 g/mol. The van der Waals surface area contributed by atoms with E-state index in [0.29, 0.717) is 17.1 Å². The van der Waals surface area contributed by atoms with E-state index in [9.17, 15) is 4.79 Å². The van der Waals surface area contributed by atoms with Gasteiger partial charge in [0.25, 0.3) is 6.02 Å². The summed E-state index contributed by atoms with van der Waals surface area (Å²) in [5.41, 5.74) is 0.635. The van der Waals surface area contributed by atoms with E-state index in [4.69, 9.17) is 4.74 Å². The molecule has 122 valence electrons. The fourth-order valence-electron chi connectivity index (χ4n) is 3.31. The van der Waals surface area contributed by atoms with E-state index < -0.39 is 0 Å². The van der Waals surface area contributed by atoms with Crippen LogP contribution in [0.3, 0.4) is 0 Å². The first kappa shape index (κ1) is 14.6. The lowest BCUT2D eigenvalue weighted by Gasteiger charge is -2.44. The number of aromatic nitrogens is 2. The summed E-state index contributed by atoms with van der Waals surface area (Å²) in [4.78, 5) is 26.0. The van der Waals surface area contributed by atoms with Crippen LogP contribution >= 0.6 is 11.3 Å². The van der Waals surface area contributed by atoms with Gasteiger partial charge in [-0.05, 0) is 37.9 Å². The summed E-state index contributed by atoms with van der Waals surface area (Å²) in [6.07, 6.45) is 2.59. The first-order valence-electron chi connectivity index (χ1n) is 7.84. The van der Waals surface area contributed by atoms with Crippen molar-refractivity contribution < 1.29 is 4.74 Å². The van der Waals surface area contributed by atoms with Gasteiger partial charge in [0.05, 0.1) is 0 Å². The predicted molar refractivity (Wildman–Crippen MR) is 91.3 cm³/mol. The highest BCUT2D eigenvalue weighted by Gasteiger charge is 2.36. The maximum atomic E-state index is 11.4. The molecular weight excluding hydrogens is 314 g/mol. The number of nitrogens with zero attached hydrogens (tertiary/aromatic N) is 3. The Morgan fingerprint density at radius 2 is 2.30 bits per heavy atom. The third kappa shape index (κ3) is 2.96. The van der Waals surface area contributed by atoms with Crippen molar-refractivity contribution in [3.63, 3.8) is 0 Å². The lowest BCUT2D eigenvalue weighted by Crippen LogP contribution is -2.52. The minimum atomic E-state index is -0.124. The summed E-state index contributed by atoms with van der Waals surface area (Å²) >= 11 is 1.38. The number of aliphatic imine (C=N–C) groups is 1. The van der Waals surface area contributed by atoms with E-state index in [1.165, 1.54) is 43.3 Å². The van der Waals surface area contributed by atoms with E-state index in [0.717, 1.165) is 16.9 Å². The van der Waals surface area contributed by atoms with E-state index >= 15 is 0 Å². The lowest BCUT2D eigenvalue weighted by atomic mass is 9.86. The van der Waals surface area contributed by atoms with Gasteiger partial charge in [0.1, 0.15) is 16.5 Å². The van der Waals surface area contributed by atoms with Crippen LogP contribution in [0.1, 0.15) is 12.8 Å². The highest BCUT2D eigenvalue weighted by Crippen LogP contribution is 2.30. The molecule has 1 atom stereocenters. The average molecular weight is 333 g/mol. The lowest BCUT2D eigenvalue weighted by molar-refractivity contribution is -0.0146. The molecule has 0 radical (unpaired) electrons. The zero-order chi connectivity index (χ0) is 15.8. The number of fused-ring (bicyclic) bond motifs is 4. The Bertz CT molecular complexity index is 791. The van der Waals surface area contributed by atoms with E-state index in [2.05, 4.69) is 25.2 Å². The van der Waals surface area contributed by atoms with Gasteiger partial charge in [-0.2, -0.15) is 0 Å². The summed E-state index contributed by atoms with van der Waals surface area (Å²) in [5.74, 6) is 0.616. The number of hydrogen-bond donors (Lipinski definition) is 2. The molecule has 2 bridgehead atoms. The Morgan fingerprint density at radius 1 is 1.48 bits per heavy atom. The van der Waals surface area contributed by atoms with Gasteiger partial charge >= 0.3 is 0 Å².